The van der Waals surface area contributed by atoms with Crippen LogP contribution in [0, 0.1) is 12.7 Å². The molecule has 0 aliphatic rings. The van der Waals surface area contributed by atoms with E-state index in [1.54, 1.807) is 12.3 Å². The minimum Gasteiger partial charge on any atom is -0.440 e. The summed E-state index contributed by atoms with van der Waals surface area (Å²) in [7, 11) is 0. The van der Waals surface area contributed by atoms with Gasteiger partial charge in [0.1, 0.15) is 12.1 Å². The summed E-state index contributed by atoms with van der Waals surface area (Å²) >= 11 is 1.43. The van der Waals surface area contributed by atoms with Gasteiger partial charge in [0.2, 0.25) is 0 Å². The van der Waals surface area contributed by atoms with E-state index in [0.717, 1.165) is 11.3 Å². The summed E-state index contributed by atoms with van der Waals surface area (Å²) in [5.41, 5.74) is 7.86. The second kappa shape index (κ2) is 4.57. The molecule has 2 N–H and O–H groups in total. The maximum Gasteiger partial charge on any atom is 0.256 e. The van der Waals surface area contributed by atoms with Crippen LogP contribution >= 0.6 is 11.8 Å². The number of rotatable bonds is 3. The minimum atomic E-state index is -0.321. The zero-order valence-electron chi connectivity index (χ0n) is 8.74. The van der Waals surface area contributed by atoms with E-state index in [9.17, 15) is 4.39 Å². The molecule has 0 spiro atoms. The Bertz CT molecular complexity index is 498. The van der Waals surface area contributed by atoms with Gasteiger partial charge in [-0.3, -0.25) is 0 Å². The van der Waals surface area contributed by atoms with Crippen LogP contribution in [0.4, 0.5) is 10.1 Å². The smallest absolute Gasteiger partial charge is 0.256 e. The second-order valence-corrected chi connectivity index (χ2v) is 4.31. The number of benzene rings is 1. The highest BCUT2D eigenvalue weighted by Crippen LogP contribution is 2.25. The minimum absolute atomic E-state index is 0.321. The summed E-state index contributed by atoms with van der Waals surface area (Å²) in [6, 6.07) is 4.39. The Kier molecular flexibility index (Phi) is 3.14. The first-order valence-electron chi connectivity index (χ1n) is 4.74. The van der Waals surface area contributed by atoms with Crippen LogP contribution < -0.4 is 5.73 Å². The molecular weight excluding hydrogens is 227 g/mol. The van der Waals surface area contributed by atoms with Crippen LogP contribution in [0.5, 0.6) is 0 Å². The summed E-state index contributed by atoms with van der Waals surface area (Å²) < 4.78 is 18.0. The fourth-order valence-corrected chi connectivity index (χ4v) is 2.10. The molecule has 1 aromatic heterocycles. The average Bonchev–Trinajstić information content (AvgIpc) is 2.63. The molecule has 1 aromatic carbocycles. The van der Waals surface area contributed by atoms with Crippen molar-refractivity contribution in [2.24, 2.45) is 0 Å². The molecule has 0 amide bonds. The SMILES string of the molecule is Cc1coc(SCc2ccc(F)cc2N)n1. The van der Waals surface area contributed by atoms with E-state index in [1.165, 1.54) is 23.9 Å². The highest BCUT2D eigenvalue weighted by Gasteiger charge is 2.05. The van der Waals surface area contributed by atoms with Gasteiger partial charge in [-0.05, 0) is 24.6 Å². The number of nitrogens with two attached hydrogens (primary N) is 1. The first-order valence-corrected chi connectivity index (χ1v) is 5.72. The van der Waals surface area contributed by atoms with Gasteiger partial charge in [-0.25, -0.2) is 9.37 Å². The molecule has 0 aliphatic carbocycles. The third kappa shape index (κ3) is 2.55. The fraction of sp³-hybridized carbons (Fsp3) is 0.182. The maximum absolute atomic E-state index is 12.8. The van der Waals surface area contributed by atoms with Crippen molar-refractivity contribution >= 4 is 17.4 Å². The van der Waals surface area contributed by atoms with Crippen molar-refractivity contribution < 1.29 is 8.81 Å². The first-order chi connectivity index (χ1) is 7.65. The number of anilines is 1. The fourth-order valence-electron chi connectivity index (χ4n) is 1.24. The molecule has 0 atom stereocenters. The van der Waals surface area contributed by atoms with Gasteiger partial charge in [-0.15, -0.1) is 0 Å². The van der Waals surface area contributed by atoms with Gasteiger partial charge in [0, 0.05) is 11.4 Å². The normalized spacial score (nSPS) is 10.6. The first kappa shape index (κ1) is 11.0. The Morgan fingerprint density at radius 3 is 2.94 bits per heavy atom. The van der Waals surface area contributed by atoms with Crippen LogP contribution in [-0.2, 0) is 5.75 Å². The molecule has 0 fully saturated rings. The number of hydrogen-bond acceptors (Lipinski definition) is 4. The number of aromatic nitrogens is 1. The van der Waals surface area contributed by atoms with Crippen LogP contribution in [0.3, 0.4) is 0 Å². The Morgan fingerprint density at radius 2 is 2.31 bits per heavy atom. The third-order valence-corrected chi connectivity index (χ3v) is 2.95. The lowest BCUT2D eigenvalue weighted by Crippen LogP contribution is -1.93. The Balaban J connectivity index is 2.04. The highest BCUT2D eigenvalue weighted by molar-refractivity contribution is 7.98. The van der Waals surface area contributed by atoms with Crippen molar-refractivity contribution in [3.05, 3.63) is 41.5 Å². The molecule has 84 valence electrons. The maximum atomic E-state index is 12.8. The molecule has 5 heteroatoms. The van der Waals surface area contributed by atoms with E-state index in [0.29, 0.717) is 16.7 Å². The average molecular weight is 238 g/mol. The van der Waals surface area contributed by atoms with Gasteiger partial charge in [0.25, 0.3) is 5.22 Å². The van der Waals surface area contributed by atoms with E-state index >= 15 is 0 Å². The predicted molar refractivity (Wildman–Crippen MR) is 61.6 cm³/mol. The summed E-state index contributed by atoms with van der Waals surface area (Å²) in [5, 5.41) is 0.598. The Morgan fingerprint density at radius 1 is 1.50 bits per heavy atom. The lowest BCUT2D eigenvalue weighted by molar-refractivity contribution is 0.454. The Labute approximate surface area is 96.9 Å². The second-order valence-electron chi connectivity index (χ2n) is 3.39. The van der Waals surface area contributed by atoms with Crippen LogP contribution in [0.2, 0.25) is 0 Å². The molecule has 0 saturated heterocycles. The molecule has 0 radical (unpaired) electrons. The number of hydrogen-bond donors (Lipinski definition) is 1. The quantitative estimate of drug-likeness (QED) is 0.659. The van der Waals surface area contributed by atoms with Gasteiger partial charge >= 0.3 is 0 Å². The molecule has 0 saturated carbocycles. The molecule has 3 nitrogen and oxygen atoms in total. The largest absolute Gasteiger partial charge is 0.440 e. The molecule has 0 unspecified atom stereocenters. The number of oxazole rings is 1. The standard InChI is InChI=1S/C11H11FN2OS/c1-7-5-15-11(14-7)16-6-8-2-3-9(12)4-10(8)13/h2-5H,6,13H2,1H3. The van der Waals surface area contributed by atoms with Crippen LogP contribution in [0.1, 0.15) is 11.3 Å². The van der Waals surface area contributed by atoms with E-state index < -0.39 is 0 Å². The summed E-state index contributed by atoms with van der Waals surface area (Å²) in [5.74, 6) is 0.296. The van der Waals surface area contributed by atoms with E-state index in [-0.39, 0.29) is 5.82 Å². The van der Waals surface area contributed by atoms with Crippen molar-refractivity contribution in [3.8, 4) is 0 Å². The van der Waals surface area contributed by atoms with Crippen molar-refractivity contribution in [2.45, 2.75) is 17.9 Å². The lowest BCUT2D eigenvalue weighted by Gasteiger charge is -2.03. The summed E-state index contributed by atoms with van der Waals surface area (Å²) in [4.78, 5) is 4.15. The topological polar surface area (TPSA) is 52.0 Å². The van der Waals surface area contributed by atoms with Crippen LogP contribution in [-0.4, -0.2) is 4.98 Å². The monoisotopic (exact) mass is 238 g/mol. The summed E-state index contributed by atoms with van der Waals surface area (Å²) in [6.07, 6.45) is 1.59. The van der Waals surface area contributed by atoms with Crippen LogP contribution in [0.25, 0.3) is 0 Å². The van der Waals surface area contributed by atoms with Crippen molar-refractivity contribution in [1.82, 2.24) is 4.98 Å². The third-order valence-electron chi connectivity index (χ3n) is 2.06. The number of nitrogens with zero attached hydrogens (tertiary/aromatic N) is 1. The van der Waals surface area contributed by atoms with Gasteiger partial charge in [-0.2, -0.15) is 0 Å². The zero-order chi connectivity index (χ0) is 11.5. The lowest BCUT2D eigenvalue weighted by atomic mass is 10.2. The molecule has 2 aromatic rings. The number of nitrogen functional groups attached to an aromatic ring is 1. The predicted octanol–water partition coefficient (Wildman–Crippen LogP) is 3.00. The van der Waals surface area contributed by atoms with Crippen molar-refractivity contribution in [1.29, 1.82) is 0 Å². The van der Waals surface area contributed by atoms with Crippen LogP contribution in [0.15, 0.2) is 34.1 Å². The molecular formula is C11H11FN2OS. The number of halogens is 1. The van der Waals surface area contributed by atoms with Gasteiger partial charge in [0.05, 0.1) is 5.69 Å². The van der Waals surface area contributed by atoms with E-state index in [2.05, 4.69) is 4.98 Å². The number of thioether (sulfide) groups is 1. The van der Waals surface area contributed by atoms with Gasteiger partial charge in [0.15, 0.2) is 0 Å². The summed E-state index contributed by atoms with van der Waals surface area (Å²) in [6.45, 7) is 1.86. The number of aryl methyl sites for hydroxylation is 1. The molecule has 2 rings (SSSR count). The zero-order valence-corrected chi connectivity index (χ0v) is 9.55. The highest BCUT2D eigenvalue weighted by atomic mass is 32.2. The molecule has 16 heavy (non-hydrogen) atoms. The van der Waals surface area contributed by atoms with E-state index in [4.69, 9.17) is 10.2 Å². The van der Waals surface area contributed by atoms with Gasteiger partial charge in [-0.1, -0.05) is 17.8 Å². The van der Waals surface area contributed by atoms with Crippen molar-refractivity contribution in [3.63, 3.8) is 0 Å². The van der Waals surface area contributed by atoms with Gasteiger partial charge < -0.3 is 10.2 Å². The molecule has 1 heterocycles. The molecule has 0 bridgehead atoms. The molecule has 0 aliphatic heterocycles. The van der Waals surface area contributed by atoms with Crippen molar-refractivity contribution in [2.75, 3.05) is 5.73 Å². The Hall–Kier alpha value is -1.49. The van der Waals surface area contributed by atoms with E-state index in [1.807, 2.05) is 6.92 Å².